The molecule has 0 radical (unpaired) electrons. The second-order valence-electron chi connectivity index (χ2n) is 6.10. The molecule has 1 saturated carbocycles. The van der Waals surface area contributed by atoms with E-state index < -0.39 is 0 Å². The Balaban J connectivity index is 2.22. The van der Waals surface area contributed by atoms with Crippen LogP contribution in [0.5, 0.6) is 0 Å². The van der Waals surface area contributed by atoms with Gasteiger partial charge < -0.3 is 11.1 Å². The van der Waals surface area contributed by atoms with Gasteiger partial charge >= 0.3 is 0 Å². The quantitative estimate of drug-likeness (QED) is 0.725. The fourth-order valence-corrected chi connectivity index (χ4v) is 2.74. The molecule has 1 aliphatic carbocycles. The van der Waals surface area contributed by atoms with Crippen LogP contribution in [0.25, 0.3) is 0 Å². The first-order chi connectivity index (χ1) is 7.99. The van der Waals surface area contributed by atoms with Crippen LogP contribution in [0.4, 0.5) is 0 Å². The minimum absolute atomic E-state index is 0.146. The van der Waals surface area contributed by atoms with Gasteiger partial charge in [-0.25, -0.2) is 0 Å². The van der Waals surface area contributed by atoms with Crippen LogP contribution in [0, 0.1) is 17.8 Å². The minimum atomic E-state index is 0.146. The fraction of sp³-hybridized carbons (Fsp3) is 0.929. The van der Waals surface area contributed by atoms with Crippen molar-refractivity contribution >= 4 is 5.91 Å². The Labute approximate surface area is 106 Å². The van der Waals surface area contributed by atoms with Crippen LogP contribution in [-0.2, 0) is 4.79 Å². The molecule has 0 aliphatic heterocycles. The summed E-state index contributed by atoms with van der Waals surface area (Å²) in [6, 6.07) is 0.213. The lowest BCUT2D eigenvalue weighted by Crippen LogP contribution is -2.40. The second kappa shape index (κ2) is 7.00. The summed E-state index contributed by atoms with van der Waals surface area (Å²) in [7, 11) is 0. The number of rotatable bonds is 5. The molecule has 0 spiro atoms. The molecule has 3 atom stereocenters. The summed E-state index contributed by atoms with van der Waals surface area (Å²) >= 11 is 0. The fourth-order valence-electron chi connectivity index (χ4n) is 2.74. The summed E-state index contributed by atoms with van der Waals surface area (Å²) in [6.45, 7) is 7.43. The van der Waals surface area contributed by atoms with Crippen molar-refractivity contribution in [2.75, 3.05) is 6.54 Å². The van der Waals surface area contributed by atoms with Gasteiger partial charge in [-0.15, -0.1) is 0 Å². The highest BCUT2D eigenvalue weighted by Gasteiger charge is 2.28. The molecule has 17 heavy (non-hydrogen) atoms. The van der Waals surface area contributed by atoms with Crippen LogP contribution < -0.4 is 11.1 Å². The van der Waals surface area contributed by atoms with E-state index in [0.717, 1.165) is 38.1 Å². The molecule has 3 heteroatoms. The molecule has 1 aliphatic rings. The molecule has 3 N–H and O–H groups in total. The predicted molar refractivity (Wildman–Crippen MR) is 71.6 cm³/mol. The van der Waals surface area contributed by atoms with Crippen LogP contribution in [0.3, 0.4) is 0 Å². The van der Waals surface area contributed by atoms with Crippen molar-refractivity contribution in [1.29, 1.82) is 0 Å². The zero-order valence-electron chi connectivity index (χ0n) is 11.5. The summed E-state index contributed by atoms with van der Waals surface area (Å²) in [5, 5.41) is 3.05. The average Bonchev–Trinajstić information content (AvgIpc) is 2.22. The van der Waals surface area contributed by atoms with Crippen LogP contribution in [-0.4, -0.2) is 18.5 Å². The summed E-state index contributed by atoms with van der Waals surface area (Å²) < 4.78 is 0. The van der Waals surface area contributed by atoms with Gasteiger partial charge in [-0.3, -0.25) is 4.79 Å². The molecule has 1 amide bonds. The van der Waals surface area contributed by atoms with E-state index in [1.165, 1.54) is 6.42 Å². The topological polar surface area (TPSA) is 55.1 Å². The summed E-state index contributed by atoms with van der Waals surface area (Å²) in [6.07, 6.45) is 5.19. The third-order valence-corrected chi connectivity index (χ3v) is 3.61. The monoisotopic (exact) mass is 240 g/mol. The van der Waals surface area contributed by atoms with Crippen molar-refractivity contribution in [1.82, 2.24) is 5.32 Å². The van der Waals surface area contributed by atoms with Gasteiger partial charge in [-0.2, -0.15) is 0 Å². The third-order valence-electron chi connectivity index (χ3n) is 3.61. The zero-order chi connectivity index (χ0) is 12.8. The molecule has 3 nitrogen and oxygen atoms in total. The van der Waals surface area contributed by atoms with Gasteiger partial charge in [0.05, 0.1) is 0 Å². The van der Waals surface area contributed by atoms with Crippen molar-refractivity contribution < 1.29 is 4.79 Å². The van der Waals surface area contributed by atoms with Crippen molar-refractivity contribution in [3.63, 3.8) is 0 Å². The largest absolute Gasteiger partial charge is 0.356 e. The molecule has 1 rings (SSSR count). The Kier molecular flexibility index (Phi) is 5.96. The van der Waals surface area contributed by atoms with Crippen molar-refractivity contribution in [2.45, 2.75) is 58.9 Å². The van der Waals surface area contributed by atoms with Gasteiger partial charge in [-0.1, -0.05) is 20.8 Å². The maximum Gasteiger partial charge on any atom is 0.223 e. The lowest BCUT2D eigenvalue weighted by Gasteiger charge is -2.30. The molecule has 0 saturated heterocycles. The van der Waals surface area contributed by atoms with Crippen molar-refractivity contribution in [3.8, 4) is 0 Å². The van der Waals surface area contributed by atoms with Crippen molar-refractivity contribution in [2.24, 2.45) is 23.5 Å². The Hall–Kier alpha value is -0.570. The van der Waals surface area contributed by atoms with E-state index in [1.54, 1.807) is 0 Å². The average molecular weight is 240 g/mol. The molecule has 0 aromatic rings. The van der Waals surface area contributed by atoms with Gasteiger partial charge in [0.2, 0.25) is 5.91 Å². The molecule has 0 aromatic carbocycles. The maximum absolute atomic E-state index is 12.0. The minimum Gasteiger partial charge on any atom is -0.356 e. The Morgan fingerprint density at radius 1 is 1.35 bits per heavy atom. The van der Waals surface area contributed by atoms with E-state index in [4.69, 9.17) is 5.73 Å². The van der Waals surface area contributed by atoms with Gasteiger partial charge in [0, 0.05) is 18.5 Å². The highest BCUT2D eigenvalue weighted by Crippen LogP contribution is 2.28. The van der Waals surface area contributed by atoms with Gasteiger partial charge in [0.15, 0.2) is 0 Å². The van der Waals surface area contributed by atoms with Gasteiger partial charge in [0.1, 0.15) is 0 Å². The van der Waals surface area contributed by atoms with Crippen LogP contribution in [0.15, 0.2) is 0 Å². The van der Waals surface area contributed by atoms with E-state index in [2.05, 4.69) is 26.1 Å². The second-order valence-corrected chi connectivity index (χ2v) is 6.10. The van der Waals surface area contributed by atoms with E-state index in [1.807, 2.05) is 0 Å². The summed E-state index contributed by atoms with van der Waals surface area (Å²) in [5.41, 5.74) is 5.97. The van der Waals surface area contributed by atoms with E-state index in [-0.39, 0.29) is 17.9 Å². The smallest absolute Gasteiger partial charge is 0.223 e. The highest BCUT2D eigenvalue weighted by atomic mass is 16.1. The summed E-state index contributed by atoms with van der Waals surface area (Å²) in [5.74, 6) is 1.67. The molecule has 0 bridgehead atoms. The molecule has 0 heterocycles. The number of hydrogen-bond acceptors (Lipinski definition) is 2. The Morgan fingerprint density at radius 2 is 2.06 bits per heavy atom. The standard InChI is InChI=1S/C14H28N2O/c1-10(2)5-4-6-16-14(17)12-7-11(3)8-13(15)9-12/h10-13H,4-9,15H2,1-3H3,(H,16,17). The maximum atomic E-state index is 12.0. The molecular weight excluding hydrogens is 212 g/mol. The number of carbonyl (C=O) groups is 1. The first kappa shape index (κ1) is 14.5. The molecule has 100 valence electrons. The zero-order valence-corrected chi connectivity index (χ0v) is 11.5. The molecular formula is C14H28N2O. The Bertz CT molecular complexity index is 230. The summed E-state index contributed by atoms with van der Waals surface area (Å²) in [4.78, 5) is 12.0. The SMILES string of the molecule is CC(C)CCCNC(=O)C1CC(C)CC(N)C1. The van der Waals surface area contributed by atoms with E-state index >= 15 is 0 Å². The first-order valence-electron chi connectivity index (χ1n) is 7.02. The van der Waals surface area contributed by atoms with Crippen LogP contribution in [0.1, 0.15) is 52.9 Å². The molecule has 0 aromatic heterocycles. The van der Waals surface area contributed by atoms with Crippen LogP contribution in [0.2, 0.25) is 0 Å². The lowest BCUT2D eigenvalue weighted by atomic mass is 9.79. The third kappa shape index (κ3) is 5.53. The number of amides is 1. The first-order valence-corrected chi connectivity index (χ1v) is 7.02. The van der Waals surface area contributed by atoms with Gasteiger partial charge in [-0.05, 0) is 43.9 Å². The van der Waals surface area contributed by atoms with Crippen LogP contribution >= 0.6 is 0 Å². The van der Waals surface area contributed by atoms with E-state index in [9.17, 15) is 4.79 Å². The molecule has 1 fully saturated rings. The predicted octanol–water partition coefficient (Wildman–Crippen LogP) is 2.30. The number of nitrogens with one attached hydrogen (secondary N) is 1. The molecule has 3 unspecified atom stereocenters. The highest BCUT2D eigenvalue weighted by molar-refractivity contribution is 5.78. The number of hydrogen-bond donors (Lipinski definition) is 2. The number of nitrogens with two attached hydrogens (primary N) is 1. The van der Waals surface area contributed by atoms with Gasteiger partial charge in [0.25, 0.3) is 0 Å². The van der Waals surface area contributed by atoms with Crippen molar-refractivity contribution in [3.05, 3.63) is 0 Å². The normalized spacial score (nSPS) is 29.4. The number of carbonyl (C=O) groups excluding carboxylic acids is 1. The Morgan fingerprint density at radius 3 is 2.65 bits per heavy atom. The lowest BCUT2D eigenvalue weighted by molar-refractivity contribution is -0.126. The van der Waals surface area contributed by atoms with E-state index in [0.29, 0.717) is 5.92 Å².